The topological polar surface area (TPSA) is 66.0 Å². The van der Waals surface area contributed by atoms with Crippen molar-refractivity contribution in [3.63, 3.8) is 0 Å². The molecule has 0 aliphatic rings. The Morgan fingerprint density at radius 3 is 1.70 bits per heavy atom. The van der Waals surface area contributed by atoms with Crippen molar-refractivity contribution in [2.75, 3.05) is 59.4 Å². The van der Waals surface area contributed by atoms with Crippen molar-refractivity contribution >= 4 is 5.91 Å². The van der Waals surface area contributed by atoms with Gasteiger partial charge in [-0.1, -0.05) is 13.3 Å². The Labute approximate surface area is 122 Å². The lowest BCUT2D eigenvalue weighted by Gasteiger charge is -2.07. The molecule has 1 N–H and O–H groups in total. The molecule has 0 rings (SSSR count). The van der Waals surface area contributed by atoms with Crippen LogP contribution in [0.4, 0.5) is 0 Å². The molecule has 6 heteroatoms. The number of carbonyl (C=O) groups excluding carboxylic acids is 1. The molecule has 120 valence electrons. The maximum atomic E-state index is 10.6. The number of nitrogens with one attached hydrogen (secondary N) is 1. The number of amides is 1. The second-order valence-electron chi connectivity index (χ2n) is 4.29. The number of hydrogen-bond donors (Lipinski definition) is 1. The third-order valence-corrected chi connectivity index (χ3v) is 2.38. The minimum Gasteiger partial charge on any atom is -0.379 e. The number of rotatable bonds is 15. The molecule has 0 bridgehead atoms. The Kier molecular flexibility index (Phi) is 15.8. The number of ether oxygens (including phenoxy) is 4. The fourth-order valence-corrected chi connectivity index (χ4v) is 1.31. The monoisotopic (exact) mass is 291 g/mol. The first-order chi connectivity index (χ1) is 9.77. The summed E-state index contributed by atoms with van der Waals surface area (Å²) in [6.45, 7) is 8.94. The highest BCUT2D eigenvalue weighted by molar-refractivity contribution is 5.72. The number of unbranched alkanes of at least 4 members (excludes halogenated alkanes) is 1. The van der Waals surface area contributed by atoms with E-state index in [1.54, 1.807) is 0 Å². The van der Waals surface area contributed by atoms with E-state index >= 15 is 0 Å². The summed E-state index contributed by atoms with van der Waals surface area (Å²) < 4.78 is 21.3. The third-order valence-electron chi connectivity index (χ3n) is 2.38. The second-order valence-corrected chi connectivity index (χ2v) is 4.29. The molecule has 1 amide bonds. The van der Waals surface area contributed by atoms with Crippen molar-refractivity contribution in [2.45, 2.75) is 26.7 Å². The Bertz CT molecular complexity index is 214. The molecule has 0 unspecified atom stereocenters. The maximum absolute atomic E-state index is 10.6. The zero-order valence-corrected chi connectivity index (χ0v) is 12.8. The van der Waals surface area contributed by atoms with Crippen LogP contribution in [0.3, 0.4) is 0 Å². The molecular formula is C14H29NO5. The van der Waals surface area contributed by atoms with E-state index in [0.29, 0.717) is 52.8 Å². The minimum absolute atomic E-state index is 0.0410. The van der Waals surface area contributed by atoms with Crippen LogP contribution in [0, 0.1) is 0 Å². The Balaban J connectivity index is 2.94. The van der Waals surface area contributed by atoms with Crippen molar-refractivity contribution in [3.8, 4) is 0 Å². The molecule has 0 aromatic carbocycles. The Morgan fingerprint density at radius 2 is 1.25 bits per heavy atom. The first-order valence-electron chi connectivity index (χ1n) is 7.32. The van der Waals surface area contributed by atoms with Gasteiger partial charge in [0.2, 0.25) is 5.91 Å². The quantitative estimate of drug-likeness (QED) is 0.456. The van der Waals surface area contributed by atoms with E-state index in [0.717, 1.165) is 19.4 Å². The van der Waals surface area contributed by atoms with Crippen LogP contribution < -0.4 is 5.32 Å². The summed E-state index contributed by atoms with van der Waals surface area (Å²) in [7, 11) is 0. The van der Waals surface area contributed by atoms with Gasteiger partial charge in [0.25, 0.3) is 0 Å². The molecule has 0 aromatic heterocycles. The van der Waals surface area contributed by atoms with Gasteiger partial charge in [0.1, 0.15) is 0 Å². The van der Waals surface area contributed by atoms with Gasteiger partial charge in [-0.25, -0.2) is 0 Å². The van der Waals surface area contributed by atoms with Crippen LogP contribution in [0.25, 0.3) is 0 Å². The van der Waals surface area contributed by atoms with Crippen LogP contribution >= 0.6 is 0 Å². The molecule has 20 heavy (non-hydrogen) atoms. The van der Waals surface area contributed by atoms with Gasteiger partial charge in [-0.15, -0.1) is 0 Å². The van der Waals surface area contributed by atoms with Gasteiger partial charge in [0.05, 0.1) is 46.2 Å². The van der Waals surface area contributed by atoms with Crippen LogP contribution in [0.5, 0.6) is 0 Å². The summed E-state index contributed by atoms with van der Waals surface area (Å²) in [5.41, 5.74) is 0. The van der Waals surface area contributed by atoms with Crippen LogP contribution in [-0.2, 0) is 23.7 Å². The fourth-order valence-electron chi connectivity index (χ4n) is 1.31. The number of carbonyl (C=O) groups is 1. The van der Waals surface area contributed by atoms with Crippen LogP contribution in [-0.4, -0.2) is 65.3 Å². The highest BCUT2D eigenvalue weighted by Crippen LogP contribution is 1.88. The van der Waals surface area contributed by atoms with Gasteiger partial charge >= 0.3 is 0 Å². The van der Waals surface area contributed by atoms with Gasteiger partial charge in [-0.3, -0.25) is 4.79 Å². The average Bonchev–Trinajstić information content (AvgIpc) is 2.43. The summed E-state index contributed by atoms with van der Waals surface area (Å²) in [6, 6.07) is 0. The van der Waals surface area contributed by atoms with E-state index in [1.165, 1.54) is 6.92 Å². The summed E-state index contributed by atoms with van der Waals surface area (Å²) in [6.07, 6.45) is 2.26. The van der Waals surface area contributed by atoms with Gasteiger partial charge in [-0.05, 0) is 6.42 Å². The van der Waals surface area contributed by atoms with Crippen molar-refractivity contribution in [1.29, 1.82) is 0 Å². The van der Waals surface area contributed by atoms with E-state index in [9.17, 15) is 4.79 Å². The first-order valence-corrected chi connectivity index (χ1v) is 7.32. The zero-order valence-electron chi connectivity index (χ0n) is 12.8. The second kappa shape index (κ2) is 16.4. The Morgan fingerprint density at radius 1 is 0.800 bits per heavy atom. The summed E-state index contributed by atoms with van der Waals surface area (Å²) in [5, 5.41) is 2.65. The van der Waals surface area contributed by atoms with Gasteiger partial charge in [0.15, 0.2) is 0 Å². The Hall–Kier alpha value is -0.690. The molecule has 6 nitrogen and oxygen atoms in total. The van der Waals surface area contributed by atoms with Crippen molar-refractivity contribution < 1.29 is 23.7 Å². The fraction of sp³-hybridized carbons (Fsp3) is 0.929. The molecular weight excluding hydrogens is 262 g/mol. The molecule has 0 radical (unpaired) electrons. The average molecular weight is 291 g/mol. The molecule has 0 aromatic rings. The number of hydrogen-bond acceptors (Lipinski definition) is 5. The lowest BCUT2D eigenvalue weighted by molar-refractivity contribution is -0.119. The third kappa shape index (κ3) is 17.3. The molecule has 0 saturated carbocycles. The van der Waals surface area contributed by atoms with Gasteiger partial charge in [0, 0.05) is 20.1 Å². The smallest absolute Gasteiger partial charge is 0.216 e. The molecule has 0 aliphatic heterocycles. The lowest BCUT2D eigenvalue weighted by Crippen LogP contribution is -2.25. The van der Waals surface area contributed by atoms with E-state index in [2.05, 4.69) is 12.2 Å². The SMILES string of the molecule is CCCCOCCOCCOCCOCCNC(C)=O. The van der Waals surface area contributed by atoms with Crippen LogP contribution in [0.2, 0.25) is 0 Å². The van der Waals surface area contributed by atoms with Gasteiger partial charge < -0.3 is 24.3 Å². The zero-order chi connectivity index (χ0) is 14.9. The molecule has 0 spiro atoms. The van der Waals surface area contributed by atoms with E-state index in [1.807, 2.05) is 0 Å². The summed E-state index contributed by atoms with van der Waals surface area (Å²) in [4.78, 5) is 10.6. The van der Waals surface area contributed by atoms with Crippen LogP contribution in [0.1, 0.15) is 26.7 Å². The first kappa shape index (κ1) is 19.3. The van der Waals surface area contributed by atoms with Gasteiger partial charge in [-0.2, -0.15) is 0 Å². The van der Waals surface area contributed by atoms with Crippen molar-refractivity contribution in [3.05, 3.63) is 0 Å². The molecule has 0 fully saturated rings. The lowest BCUT2D eigenvalue weighted by atomic mass is 10.4. The minimum atomic E-state index is -0.0410. The standard InChI is InChI=1S/C14H29NO5/c1-3-4-6-17-8-10-19-12-13-20-11-9-18-7-5-15-14(2)16/h3-13H2,1-2H3,(H,15,16). The summed E-state index contributed by atoms with van der Waals surface area (Å²) in [5.74, 6) is -0.0410. The van der Waals surface area contributed by atoms with Crippen molar-refractivity contribution in [2.24, 2.45) is 0 Å². The molecule has 0 atom stereocenters. The molecule has 0 aliphatic carbocycles. The van der Waals surface area contributed by atoms with E-state index < -0.39 is 0 Å². The van der Waals surface area contributed by atoms with E-state index in [4.69, 9.17) is 18.9 Å². The molecule has 0 saturated heterocycles. The highest BCUT2D eigenvalue weighted by atomic mass is 16.6. The van der Waals surface area contributed by atoms with Crippen molar-refractivity contribution in [1.82, 2.24) is 5.32 Å². The largest absolute Gasteiger partial charge is 0.379 e. The maximum Gasteiger partial charge on any atom is 0.216 e. The normalized spacial score (nSPS) is 10.7. The summed E-state index contributed by atoms with van der Waals surface area (Å²) >= 11 is 0. The predicted molar refractivity (Wildman–Crippen MR) is 76.9 cm³/mol. The highest BCUT2D eigenvalue weighted by Gasteiger charge is 1.93. The van der Waals surface area contributed by atoms with Crippen LogP contribution in [0.15, 0.2) is 0 Å². The molecule has 0 heterocycles. The van der Waals surface area contributed by atoms with E-state index in [-0.39, 0.29) is 5.91 Å². The predicted octanol–water partition coefficient (Wildman–Crippen LogP) is 0.989.